The molecule has 7 heteroatoms. The number of ether oxygens (including phenoxy) is 2. The van der Waals surface area contributed by atoms with Crippen molar-refractivity contribution < 1.29 is 19.4 Å². The molecule has 2 unspecified atom stereocenters. The van der Waals surface area contributed by atoms with Crippen LogP contribution in [0.15, 0.2) is 72.8 Å². The van der Waals surface area contributed by atoms with Gasteiger partial charge in [-0.2, -0.15) is 0 Å². The summed E-state index contributed by atoms with van der Waals surface area (Å²) in [4.78, 5) is 13.5. The minimum Gasteiger partial charge on any atom is -0.494 e. The number of rotatable bonds is 7. The minimum absolute atomic E-state index is 0.215. The Bertz CT molecular complexity index is 1240. The molecule has 4 bridgehead atoms. The number of methoxy groups -OCH3 is 1. The molecule has 1 aliphatic heterocycles. The number of hydrogen-bond donors (Lipinski definition) is 4. The van der Waals surface area contributed by atoms with Crippen LogP contribution in [0.25, 0.3) is 0 Å². The van der Waals surface area contributed by atoms with Crippen LogP contribution in [-0.2, 0) is 17.8 Å². The first-order chi connectivity index (χ1) is 19.1. The maximum absolute atomic E-state index is 13.5. The molecule has 3 aromatic carbocycles. The van der Waals surface area contributed by atoms with Crippen molar-refractivity contribution in [2.24, 2.45) is 0 Å². The second-order valence-electron chi connectivity index (χ2n) is 10.6. The van der Waals surface area contributed by atoms with Gasteiger partial charge >= 0.3 is 0 Å². The van der Waals surface area contributed by atoms with Gasteiger partial charge in [-0.1, -0.05) is 42.5 Å². The van der Waals surface area contributed by atoms with Crippen LogP contribution in [0.1, 0.15) is 52.2 Å². The second kappa shape index (κ2) is 13.1. The predicted molar refractivity (Wildman–Crippen MR) is 153 cm³/mol. The summed E-state index contributed by atoms with van der Waals surface area (Å²) < 4.78 is 11.3. The second-order valence-corrected chi connectivity index (χ2v) is 10.6. The fraction of sp³-hybridized carbons (Fsp3) is 0.406. The first kappa shape index (κ1) is 27.2. The van der Waals surface area contributed by atoms with Crippen LogP contribution in [0, 0.1) is 0 Å². The molecule has 206 valence electrons. The lowest BCUT2D eigenvalue weighted by Gasteiger charge is -2.25. The number of amides is 1. The average molecular weight is 530 g/mol. The number of aliphatic hydroxyl groups is 1. The molecule has 0 saturated heterocycles. The third-order valence-corrected chi connectivity index (χ3v) is 7.48. The van der Waals surface area contributed by atoms with Crippen molar-refractivity contribution >= 4 is 11.6 Å². The van der Waals surface area contributed by atoms with E-state index in [1.807, 2.05) is 48.5 Å². The van der Waals surface area contributed by atoms with E-state index < -0.39 is 12.1 Å². The van der Waals surface area contributed by atoms with Crippen molar-refractivity contribution in [3.05, 3.63) is 95.1 Å². The monoisotopic (exact) mass is 529 g/mol. The Morgan fingerprint density at radius 1 is 1.08 bits per heavy atom. The molecule has 1 aliphatic carbocycles. The Hall–Kier alpha value is -3.39. The van der Waals surface area contributed by atoms with Crippen LogP contribution >= 0.6 is 0 Å². The number of hydrogen-bond acceptors (Lipinski definition) is 6. The number of carbonyl (C=O) groups is 1. The van der Waals surface area contributed by atoms with Gasteiger partial charge in [0, 0.05) is 43.4 Å². The normalized spacial score (nSPS) is 22.2. The maximum atomic E-state index is 13.5. The summed E-state index contributed by atoms with van der Waals surface area (Å²) in [5.74, 6) is 1.06. The summed E-state index contributed by atoms with van der Waals surface area (Å²) in [6, 6.07) is 24.0. The number of benzene rings is 3. The topological polar surface area (TPSA) is 91.9 Å². The lowest BCUT2D eigenvalue weighted by atomic mass is 9.99. The van der Waals surface area contributed by atoms with E-state index in [9.17, 15) is 9.90 Å². The van der Waals surface area contributed by atoms with Gasteiger partial charge in [0.1, 0.15) is 5.75 Å². The van der Waals surface area contributed by atoms with Gasteiger partial charge < -0.3 is 30.5 Å². The van der Waals surface area contributed by atoms with Gasteiger partial charge in [-0.3, -0.25) is 4.79 Å². The number of aliphatic hydroxyl groups excluding tert-OH is 1. The smallest absolute Gasteiger partial charge is 0.251 e. The van der Waals surface area contributed by atoms with E-state index in [1.54, 1.807) is 7.11 Å². The zero-order valence-corrected chi connectivity index (χ0v) is 22.6. The quantitative estimate of drug-likeness (QED) is 0.366. The van der Waals surface area contributed by atoms with E-state index in [0.29, 0.717) is 43.7 Å². The fourth-order valence-corrected chi connectivity index (χ4v) is 5.28. The lowest BCUT2D eigenvalue weighted by Crippen LogP contribution is -2.49. The highest BCUT2D eigenvalue weighted by Gasteiger charge is 2.38. The SMILES string of the molecule is COCc1cc2cc(c1)C(=O)NC([C@@H](O)CN[C@@H]1CC1c1ccccc1)Cc1cccc(c1)OCCCCN2. The molecule has 3 aromatic rings. The van der Waals surface area contributed by atoms with E-state index in [-0.39, 0.29) is 5.91 Å². The Morgan fingerprint density at radius 2 is 1.95 bits per heavy atom. The molecule has 5 rings (SSSR count). The van der Waals surface area contributed by atoms with E-state index in [4.69, 9.17) is 9.47 Å². The van der Waals surface area contributed by atoms with Crippen molar-refractivity contribution in [3.63, 3.8) is 0 Å². The van der Waals surface area contributed by atoms with Crippen LogP contribution < -0.4 is 20.7 Å². The van der Waals surface area contributed by atoms with Crippen LogP contribution in [0.5, 0.6) is 5.75 Å². The van der Waals surface area contributed by atoms with E-state index in [0.717, 1.165) is 48.4 Å². The fourth-order valence-electron chi connectivity index (χ4n) is 5.28. The highest BCUT2D eigenvalue weighted by molar-refractivity contribution is 5.95. The summed E-state index contributed by atoms with van der Waals surface area (Å²) in [5, 5.41) is 21.4. The van der Waals surface area contributed by atoms with E-state index in [1.165, 1.54) is 5.56 Å². The molecule has 7 nitrogen and oxygen atoms in total. The summed E-state index contributed by atoms with van der Waals surface area (Å²) in [6.45, 7) is 2.22. The van der Waals surface area contributed by atoms with Crippen LogP contribution in [0.2, 0.25) is 0 Å². The molecular weight excluding hydrogens is 490 g/mol. The summed E-state index contributed by atoms with van der Waals surface area (Å²) in [7, 11) is 1.65. The first-order valence-corrected chi connectivity index (χ1v) is 13.9. The summed E-state index contributed by atoms with van der Waals surface area (Å²) in [6.07, 6.45) is 2.63. The van der Waals surface area contributed by atoms with E-state index >= 15 is 0 Å². The lowest BCUT2D eigenvalue weighted by molar-refractivity contribution is 0.0829. The number of nitrogens with one attached hydrogen (secondary N) is 3. The van der Waals surface area contributed by atoms with E-state index in [2.05, 4.69) is 40.2 Å². The zero-order valence-electron chi connectivity index (χ0n) is 22.6. The van der Waals surface area contributed by atoms with Crippen LogP contribution in [0.4, 0.5) is 5.69 Å². The van der Waals surface area contributed by atoms with Gasteiger partial charge in [-0.05, 0) is 72.7 Å². The van der Waals surface area contributed by atoms with Crippen LogP contribution in [-0.4, -0.2) is 56.0 Å². The largest absolute Gasteiger partial charge is 0.494 e. The first-order valence-electron chi connectivity index (χ1n) is 13.9. The molecule has 2 aliphatic rings. The third-order valence-electron chi connectivity index (χ3n) is 7.48. The van der Waals surface area contributed by atoms with Crippen molar-refractivity contribution in [2.75, 3.05) is 32.1 Å². The molecule has 0 aromatic heterocycles. The Morgan fingerprint density at radius 3 is 2.79 bits per heavy atom. The molecule has 1 fully saturated rings. The summed E-state index contributed by atoms with van der Waals surface area (Å²) >= 11 is 0. The molecule has 0 spiro atoms. The molecular formula is C32H39N3O4. The number of carbonyl (C=O) groups excluding carboxylic acids is 1. The Labute approximate surface area is 230 Å². The standard InChI is InChI=1S/C32H39N3O4/c1-38-21-23-14-25-18-26(15-23)33-12-5-6-13-39-27-11-7-8-22(16-27)17-30(35-32(25)37)31(36)20-34-29-19-28(29)24-9-3-2-4-10-24/h2-4,7-11,14-16,18,28-31,33-34,36H,5-6,12-13,17,19-21H2,1H3,(H,35,37)/t28?,29-,30?,31+/m1/s1. The number of anilines is 1. The van der Waals surface area contributed by atoms with Crippen molar-refractivity contribution in [1.82, 2.24) is 10.6 Å². The van der Waals surface area contributed by atoms with Gasteiger partial charge in [0.25, 0.3) is 5.91 Å². The van der Waals surface area contributed by atoms with Gasteiger partial charge in [0.2, 0.25) is 0 Å². The molecule has 4 N–H and O–H groups in total. The van der Waals surface area contributed by atoms with Crippen molar-refractivity contribution in [1.29, 1.82) is 0 Å². The highest BCUT2D eigenvalue weighted by Crippen LogP contribution is 2.40. The molecule has 39 heavy (non-hydrogen) atoms. The third kappa shape index (κ3) is 7.60. The number of fused-ring (bicyclic) bond motifs is 4. The zero-order chi connectivity index (χ0) is 27.0. The van der Waals surface area contributed by atoms with Gasteiger partial charge in [0.05, 0.1) is 25.4 Å². The van der Waals surface area contributed by atoms with Crippen LogP contribution in [0.3, 0.4) is 0 Å². The maximum Gasteiger partial charge on any atom is 0.251 e. The molecule has 4 atom stereocenters. The van der Waals surface area contributed by atoms with Crippen molar-refractivity contribution in [2.45, 2.75) is 56.4 Å². The summed E-state index contributed by atoms with van der Waals surface area (Å²) in [5.41, 5.74) is 4.68. The van der Waals surface area contributed by atoms with Gasteiger partial charge in [-0.25, -0.2) is 0 Å². The Balaban J connectivity index is 1.33. The molecule has 1 saturated carbocycles. The van der Waals surface area contributed by atoms with Gasteiger partial charge in [-0.15, -0.1) is 0 Å². The molecule has 1 amide bonds. The average Bonchev–Trinajstić information content (AvgIpc) is 3.73. The predicted octanol–water partition coefficient (Wildman–Crippen LogP) is 4.27. The minimum atomic E-state index is -0.769. The Kier molecular flexibility index (Phi) is 9.14. The van der Waals surface area contributed by atoms with Gasteiger partial charge in [0.15, 0.2) is 0 Å². The highest BCUT2D eigenvalue weighted by atomic mass is 16.5. The van der Waals surface area contributed by atoms with Crippen molar-refractivity contribution in [3.8, 4) is 5.75 Å². The molecule has 0 radical (unpaired) electrons. The molecule has 1 heterocycles.